The van der Waals surface area contributed by atoms with Crippen molar-refractivity contribution in [3.05, 3.63) is 51.3 Å². The Labute approximate surface area is 139 Å². The van der Waals surface area contributed by atoms with Crippen molar-refractivity contribution in [3.8, 4) is 0 Å². The van der Waals surface area contributed by atoms with Crippen LogP contribution >= 0.6 is 11.8 Å². The molecule has 120 valence electrons. The number of nitrogens with zero attached hydrogens (tertiary/aromatic N) is 2. The van der Waals surface area contributed by atoms with Gasteiger partial charge >= 0.3 is 0 Å². The van der Waals surface area contributed by atoms with Crippen molar-refractivity contribution in [3.63, 3.8) is 0 Å². The normalized spacial score (nSPS) is 16.8. The molecule has 23 heavy (non-hydrogen) atoms. The Hall–Kier alpha value is -2.08. The van der Waals surface area contributed by atoms with E-state index in [1.54, 1.807) is 0 Å². The maximum absolute atomic E-state index is 12.6. The molecule has 0 aliphatic carbocycles. The van der Waals surface area contributed by atoms with Gasteiger partial charge in [-0.2, -0.15) is 4.98 Å². The Kier molecular flexibility index (Phi) is 4.26. The molecule has 0 radical (unpaired) electrons. The van der Waals surface area contributed by atoms with Gasteiger partial charge < -0.3 is 9.88 Å². The number of benzene rings is 1. The van der Waals surface area contributed by atoms with Crippen LogP contribution in [0, 0.1) is 6.92 Å². The number of anilines is 1. The fourth-order valence-electron chi connectivity index (χ4n) is 2.88. The van der Waals surface area contributed by atoms with E-state index >= 15 is 0 Å². The van der Waals surface area contributed by atoms with Crippen LogP contribution in [0.5, 0.6) is 0 Å². The lowest BCUT2D eigenvalue weighted by Crippen LogP contribution is -2.33. The van der Waals surface area contributed by atoms with Gasteiger partial charge in [-0.1, -0.05) is 48.5 Å². The molecular formula is C17H19N3O2S. The Morgan fingerprint density at radius 2 is 2.00 bits per heavy atom. The standard InChI is InChI=1S/C17H19N3O2S/c1-4-23-17-19-16(22)14-12(11-7-5-10(2)6-8-11)9-13(21)18-15(14)20(17)3/h5-8,12H,4,9H2,1-3H3,(H,18,21)/t12-/m0/s1. The molecule has 1 N–H and O–H groups in total. The predicted octanol–water partition coefficient (Wildman–Crippen LogP) is 2.67. The molecule has 0 fully saturated rings. The molecule has 1 amide bonds. The number of amides is 1. The molecule has 0 saturated heterocycles. The number of thioether (sulfide) groups is 1. The Morgan fingerprint density at radius 3 is 2.65 bits per heavy atom. The summed E-state index contributed by atoms with van der Waals surface area (Å²) in [6.45, 7) is 4.02. The number of aromatic nitrogens is 2. The molecule has 2 heterocycles. The topological polar surface area (TPSA) is 64.0 Å². The lowest BCUT2D eigenvalue weighted by Gasteiger charge is -2.27. The van der Waals surface area contributed by atoms with Gasteiger partial charge in [-0.25, -0.2) is 0 Å². The second kappa shape index (κ2) is 6.20. The zero-order chi connectivity index (χ0) is 16.6. The fourth-order valence-corrected chi connectivity index (χ4v) is 3.57. The summed E-state index contributed by atoms with van der Waals surface area (Å²) in [6.07, 6.45) is 0.271. The van der Waals surface area contributed by atoms with Crippen molar-refractivity contribution in [2.75, 3.05) is 11.1 Å². The molecule has 0 bridgehead atoms. The van der Waals surface area contributed by atoms with Gasteiger partial charge in [0.05, 0.1) is 5.56 Å². The summed E-state index contributed by atoms with van der Waals surface area (Å²) in [5, 5.41) is 3.48. The van der Waals surface area contributed by atoms with Crippen molar-refractivity contribution in [1.29, 1.82) is 0 Å². The van der Waals surface area contributed by atoms with Crippen LogP contribution in [0.3, 0.4) is 0 Å². The molecule has 5 nitrogen and oxygen atoms in total. The van der Waals surface area contributed by atoms with E-state index in [1.807, 2.05) is 49.7 Å². The van der Waals surface area contributed by atoms with E-state index < -0.39 is 0 Å². The third-order valence-electron chi connectivity index (χ3n) is 4.05. The highest BCUT2D eigenvalue weighted by Crippen LogP contribution is 2.35. The minimum absolute atomic E-state index is 0.0725. The van der Waals surface area contributed by atoms with Gasteiger partial charge in [0.2, 0.25) is 5.91 Å². The number of carbonyl (C=O) groups excluding carboxylic acids is 1. The summed E-state index contributed by atoms with van der Waals surface area (Å²) >= 11 is 1.49. The van der Waals surface area contributed by atoms with E-state index in [1.165, 1.54) is 11.8 Å². The van der Waals surface area contributed by atoms with Gasteiger partial charge in [0.1, 0.15) is 5.82 Å². The van der Waals surface area contributed by atoms with Gasteiger partial charge in [-0.3, -0.25) is 9.59 Å². The second-order valence-corrected chi connectivity index (χ2v) is 6.90. The fraction of sp³-hybridized carbons (Fsp3) is 0.353. The van der Waals surface area contributed by atoms with Crippen molar-refractivity contribution in [2.24, 2.45) is 7.05 Å². The van der Waals surface area contributed by atoms with Crippen molar-refractivity contribution >= 4 is 23.5 Å². The van der Waals surface area contributed by atoms with E-state index in [0.29, 0.717) is 16.5 Å². The molecule has 1 aromatic carbocycles. The number of nitrogens with one attached hydrogen (secondary N) is 1. The first-order valence-electron chi connectivity index (χ1n) is 7.61. The van der Waals surface area contributed by atoms with E-state index in [4.69, 9.17) is 0 Å². The molecule has 0 saturated carbocycles. The highest BCUT2D eigenvalue weighted by Gasteiger charge is 2.31. The molecule has 2 aromatic rings. The van der Waals surface area contributed by atoms with Gasteiger partial charge in [-0.05, 0) is 18.2 Å². The lowest BCUT2D eigenvalue weighted by atomic mass is 9.86. The van der Waals surface area contributed by atoms with E-state index in [2.05, 4.69) is 10.3 Å². The summed E-state index contributed by atoms with van der Waals surface area (Å²) in [6, 6.07) is 7.97. The van der Waals surface area contributed by atoms with Crippen molar-refractivity contribution < 1.29 is 4.79 Å². The van der Waals surface area contributed by atoms with Crippen LogP contribution in [-0.4, -0.2) is 21.2 Å². The number of carbonyl (C=O) groups is 1. The number of rotatable bonds is 3. The molecule has 1 aliphatic heterocycles. The highest BCUT2D eigenvalue weighted by atomic mass is 32.2. The minimum atomic E-state index is -0.250. The van der Waals surface area contributed by atoms with Gasteiger partial charge in [-0.15, -0.1) is 0 Å². The SMILES string of the molecule is CCSc1nc(=O)c2c(n1C)NC(=O)C[C@H]2c1ccc(C)cc1. The first-order valence-corrected chi connectivity index (χ1v) is 8.60. The lowest BCUT2D eigenvalue weighted by molar-refractivity contribution is -0.116. The van der Waals surface area contributed by atoms with Crippen LogP contribution in [0.25, 0.3) is 0 Å². The Bertz CT molecular complexity index is 812. The smallest absolute Gasteiger partial charge is 0.279 e. The molecular weight excluding hydrogens is 310 g/mol. The van der Waals surface area contributed by atoms with E-state index in [9.17, 15) is 9.59 Å². The van der Waals surface area contributed by atoms with Crippen LogP contribution in [0.15, 0.2) is 34.2 Å². The molecule has 1 atom stereocenters. The first kappa shape index (κ1) is 15.8. The average Bonchev–Trinajstić information content (AvgIpc) is 2.52. The number of hydrogen-bond donors (Lipinski definition) is 1. The average molecular weight is 329 g/mol. The minimum Gasteiger partial charge on any atom is -0.312 e. The van der Waals surface area contributed by atoms with Crippen molar-refractivity contribution in [1.82, 2.24) is 9.55 Å². The van der Waals surface area contributed by atoms with Crippen LogP contribution in [0.1, 0.15) is 36.0 Å². The van der Waals surface area contributed by atoms with E-state index in [-0.39, 0.29) is 23.8 Å². The molecule has 3 rings (SSSR count). The Morgan fingerprint density at radius 1 is 1.30 bits per heavy atom. The van der Waals surface area contributed by atoms with Crippen LogP contribution in [-0.2, 0) is 11.8 Å². The summed E-state index contributed by atoms with van der Waals surface area (Å²) in [7, 11) is 1.83. The van der Waals surface area contributed by atoms with E-state index in [0.717, 1.165) is 16.9 Å². The monoisotopic (exact) mass is 329 g/mol. The maximum Gasteiger partial charge on any atom is 0.279 e. The quantitative estimate of drug-likeness (QED) is 0.694. The van der Waals surface area contributed by atoms with Crippen LogP contribution in [0.4, 0.5) is 5.82 Å². The largest absolute Gasteiger partial charge is 0.312 e. The summed E-state index contributed by atoms with van der Waals surface area (Å²) in [4.78, 5) is 28.9. The highest BCUT2D eigenvalue weighted by molar-refractivity contribution is 7.99. The first-order chi connectivity index (χ1) is 11.0. The molecule has 6 heteroatoms. The second-order valence-electron chi connectivity index (χ2n) is 5.67. The zero-order valence-corrected chi connectivity index (χ0v) is 14.2. The van der Waals surface area contributed by atoms with Crippen LogP contribution < -0.4 is 10.9 Å². The third-order valence-corrected chi connectivity index (χ3v) is 4.97. The summed E-state index contributed by atoms with van der Waals surface area (Å²) in [5.74, 6) is 1.07. The molecule has 1 aliphatic rings. The number of hydrogen-bond acceptors (Lipinski definition) is 4. The Balaban J connectivity index is 2.18. The predicted molar refractivity (Wildman–Crippen MR) is 92.1 cm³/mol. The third kappa shape index (κ3) is 2.91. The van der Waals surface area contributed by atoms with Crippen LogP contribution in [0.2, 0.25) is 0 Å². The maximum atomic E-state index is 12.6. The van der Waals surface area contributed by atoms with Crippen molar-refractivity contribution in [2.45, 2.75) is 31.3 Å². The molecule has 0 unspecified atom stereocenters. The number of aryl methyl sites for hydroxylation is 1. The van der Waals surface area contributed by atoms with Gasteiger partial charge in [0.25, 0.3) is 5.56 Å². The van der Waals surface area contributed by atoms with Gasteiger partial charge in [0.15, 0.2) is 5.16 Å². The number of fused-ring (bicyclic) bond motifs is 1. The summed E-state index contributed by atoms with van der Waals surface area (Å²) < 4.78 is 1.81. The molecule has 0 spiro atoms. The van der Waals surface area contributed by atoms with Gasteiger partial charge in [0, 0.05) is 19.4 Å². The molecule has 1 aromatic heterocycles. The summed E-state index contributed by atoms with van der Waals surface area (Å²) in [5.41, 5.74) is 2.45. The zero-order valence-electron chi connectivity index (χ0n) is 13.4.